The van der Waals surface area contributed by atoms with Crippen LogP contribution >= 0.6 is 11.6 Å². The fourth-order valence-corrected chi connectivity index (χ4v) is 4.22. The van der Waals surface area contributed by atoms with Gasteiger partial charge in [0, 0.05) is 5.92 Å². The monoisotopic (exact) mass is 355 g/mol. The minimum Gasteiger partial charge on any atom is -0.497 e. The van der Waals surface area contributed by atoms with E-state index in [1.54, 1.807) is 19.2 Å². The first kappa shape index (κ1) is 16.0. The SMILES string of the molecule is COc1ccc([C@@H]2Nc3c(Cl)ccc(C(=O)O)c3[C@@H]3C=CC[C@@H]32)cc1. The number of methoxy groups -OCH3 is 1. The van der Waals surface area contributed by atoms with Gasteiger partial charge in [0.2, 0.25) is 0 Å². The van der Waals surface area contributed by atoms with Gasteiger partial charge in [-0.25, -0.2) is 4.79 Å². The van der Waals surface area contributed by atoms with E-state index in [-0.39, 0.29) is 17.9 Å². The third-order valence-electron chi connectivity index (χ3n) is 5.17. The van der Waals surface area contributed by atoms with E-state index in [9.17, 15) is 9.90 Å². The Labute approximate surface area is 151 Å². The molecule has 5 heteroatoms. The molecule has 25 heavy (non-hydrogen) atoms. The molecule has 4 rings (SSSR count). The maximum Gasteiger partial charge on any atom is 0.336 e. The Kier molecular flexibility index (Phi) is 3.92. The summed E-state index contributed by atoms with van der Waals surface area (Å²) in [7, 11) is 1.65. The Morgan fingerprint density at radius 1 is 1.24 bits per heavy atom. The van der Waals surface area contributed by atoms with Crippen molar-refractivity contribution in [3.05, 3.63) is 70.3 Å². The molecule has 0 spiro atoms. The van der Waals surface area contributed by atoms with Crippen LogP contribution in [0.1, 0.15) is 39.9 Å². The molecule has 1 aliphatic heterocycles. The van der Waals surface area contributed by atoms with Crippen LogP contribution in [0, 0.1) is 5.92 Å². The normalized spacial score (nSPS) is 23.5. The maximum absolute atomic E-state index is 11.7. The number of carbonyl (C=O) groups is 1. The second-order valence-corrected chi connectivity index (χ2v) is 6.84. The summed E-state index contributed by atoms with van der Waals surface area (Å²) in [5, 5.41) is 13.6. The Morgan fingerprint density at radius 2 is 2.00 bits per heavy atom. The third kappa shape index (κ3) is 2.57. The summed E-state index contributed by atoms with van der Waals surface area (Å²) in [6.45, 7) is 0. The van der Waals surface area contributed by atoms with Gasteiger partial charge in [-0.3, -0.25) is 0 Å². The first-order chi connectivity index (χ1) is 12.1. The highest BCUT2D eigenvalue weighted by molar-refractivity contribution is 6.33. The second kappa shape index (κ2) is 6.12. The summed E-state index contributed by atoms with van der Waals surface area (Å²) in [5.74, 6) is 0.203. The highest BCUT2D eigenvalue weighted by atomic mass is 35.5. The molecule has 0 aromatic heterocycles. The molecule has 2 N–H and O–H groups in total. The van der Waals surface area contributed by atoms with E-state index < -0.39 is 5.97 Å². The van der Waals surface area contributed by atoms with Crippen molar-refractivity contribution < 1.29 is 14.6 Å². The van der Waals surface area contributed by atoms with Crippen LogP contribution in [0.4, 0.5) is 5.69 Å². The molecular weight excluding hydrogens is 338 g/mol. The van der Waals surface area contributed by atoms with Gasteiger partial charge in [0.25, 0.3) is 0 Å². The van der Waals surface area contributed by atoms with Gasteiger partial charge in [-0.05, 0) is 47.7 Å². The highest BCUT2D eigenvalue weighted by Crippen LogP contribution is 2.52. The minimum atomic E-state index is -0.920. The van der Waals surface area contributed by atoms with Crippen LogP contribution in [0.15, 0.2) is 48.6 Å². The molecule has 128 valence electrons. The van der Waals surface area contributed by atoms with Gasteiger partial charge in [-0.2, -0.15) is 0 Å². The van der Waals surface area contributed by atoms with Gasteiger partial charge < -0.3 is 15.2 Å². The molecule has 1 aliphatic carbocycles. The summed E-state index contributed by atoms with van der Waals surface area (Å²) in [4.78, 5) is 11.7. The van der Waals surface area contributed by atoms with Crippen molar-refractivity contribution in [1.29, 1.82) is 0 Å². The quantitative estimate of drug-likeness (QED) is 0.771. The Balaban J connectivity index is 1.82. The molecular formula is C20H18ClNO3. The number of benzene rings is 2. The Bertz CT molecular complexity index is 860. The van der Waals surface area contributed by atoms with Gasteiger partial charge in [0.05, 0.1) is 29.4 Å². The zero-order valence-corrected chi connectivity index (χ0v) is 14.5. The lowest BCUT2D eigenvalue weighted by molar-refractivity contribution is 0.0695. The smallest absolute Gasteiger partial charge is 0.336 e. The molecule has 0 saturated carbocycles. The van der Waals surface area contributed by atoms with E-state index in [2.05, 4.69) is 17.5 Å². The van der Waals surface area contributed by atoms with E-state index in [0.717, 1.165) is 29.0 Å². The predicted molar refractivity (Wildman–Crippen MR) is 97.8 cm³/mol. The van der Waals surface area contributed by atoms with Crippen LogP contribution in [0.2, 0.25) is 5.02 Å². The molecule has 0 amide bonds. The molecule has 0 saturated heterocycles. The van der Waals surface area contributed by atoms with E-state index in [0.29, 0.717) is 10.6 Å². The van der Waals surface area contributed by atoms with Crippen molar-refractivity contribution in [2.75, 3.05) is 12.4 Å². The summed E-state index contributed by atoms with van der Waals surface area (Å²) >= 11 is 6.41. The molecule has 0 radical (unpaired) electrons. The third-order valence-corrected chi connectivity index (χ3v) is 5.49. The van der Waals surface area contributed by atoms with Gasteiger partial charge in [0.1, 0.15) is 5.75 Å². The van der Waals surface area contributed by atoms with Crippen LogP contribution in [-0.4, -0.2) is 18.2 Å². The summed E-state index contributed by atoms with van der Waals surface area (Å²) in [5.41, 5.74) is 2.99. The number of nitrogens with one attached hydrogen (secondary N) is 1. The number of fused-ring (bicyclic) bond motifs is 3. The lowest BCUT2D eigenvalue weighted by atomic mass is 9.75. The summed E-state index contributed by atoms with van der Waals surface area (Å²) in [6.07, 6.45) is 5.15. The Morgan fingerprint density at radius 3 is 2.68 bits per heavy atom. The summed E-state index contributed by atoms with van der Waals surface area (Å²) in [6, 6.07) is 11.3. The zero-order valence-electron chi connectivity index (χ0n) is 13.7. The predicted octanol–water partition coefficient (Wildman–Crippen LogP) is 4.87. The molecule has 4 nitrogen and oxygen atoms in total. The van der Waals surface area contributed by atoms with Crippen molar-refractivity contribution in [3.63, 3.8) is 0 Å². The van der Waals surface area contributed by atoms with E-state index >= 15 is 0 Å². The molecule has 2 aromatic rings. The number of carboxylic acids is 1. The average molecular weight is 356 g/mol. The molecule has 2 aliphatic rings. The fraction of sp³-hybridized carbons (Fsp3) is 0.250. The standard InChI is InChI=1S/C20H18ClNO3/c1-25-12-7-5-11(6-8-12)18-14-4-2-3-13(14)17-15(20(23)24)9-10-16(21)19(17)22-18/h2-3,5-10,13-14,18,22H,4H2,1H3,(H,23,24)/t13-,14+,18+/m1/s1. The number of aromatic carboxylic acids is 1. The van der Waals surface area contributed by atoms with Crippen LogP contribution in [0.5, 0.6) is 5.75 Å². The summed E-state index contributed by atoms with van der Waals surface area (Å²) < 4.78 is 5.24. The first-order valence-electron chi connectivity index (χ1n) is 8.23. The second-order valence-electron chi connectivity index (χ2n) is 6.44. The van der Waals surface area contributed by atoms with E-state index in [1.165, 1.54) is 0 Å². The fourth-order valence-electron chi connectivity index (χ4n) is 4.00. The molecule has 0 bridgehead atoms. The highest BCUT2D eigenvalue weighted by Gasteiger charge is 2.40. The van der Waals surface area contributed by atoms with Crippen LogP contribution in [0.25, 0.3) is 0 Å². The van der Waals surface area contributed by atoms with Crippen LogP contribution in [0.3, 0.4) is 0 Å². The van der Waals surface area contributed by atoms with Crippen molar-refractivity contribution in [2.24, 2.45) is 5.92 Å². The van der Waals surface area contributed by atoms with E-state index in [1.807, 2.05) is 24.3 Å². The number of ether oxygens (including phenoxy) is 1. The number of anilines is 1. The number of hydrogen-bond acceptors (Lipinski definition) is 3. The van der Waals surface area contributed by atoms with Gasteiger partial charge in [0.15, 0.2) is 0 Å². The number of carboxylic acid groups (broad SMARTS) is 1. The van der Waals surface area contributed by atoms with Gasteiger partial charge in [-0.15, -0.1) is 0 Å². The number of rotatable bonds is 3. The van der Waals surface area contributed by atoms with Crippen LogP contribution < -0.4 is 10.1 Å². The Hall–Kier alpha value is -2.46. The number of allylic oxidation sites excluding steroid dienone is 2. The van der Waals surface area contributed by atoms with Crippen molar-refractivity contribution in [2.45, 2.75) is 18.4 Å². The average Bonchev–Trinajstić information content (AvgIpc) is 3.11. The van der Waals surface area contributed by atoms with E-state index in [4.69, 9.17) is 16.3 Å². The molecule has 1 heterocycles. The van der Waals surface area contributed by atoms with Crippen LogP contribution in [-0.2, 0) is 0 Å². The largest absolute Gasteiger partial charge is 0.497 e. The minimum absolute atomic E-state index is 0.0492. The molecule has 3 atom stereocenters. The first-order valence-corrected chi connectivity index (χ1v) is 8.60. The number of hydrogen-bond donors (Lipinski definition) is 2. The lowest BCUT2D eigenvalue weighted by Crippen LogP contribution is -2.30. The van der Waals surface area contributed by atoms with Crippen molar-refractivity contribution in [1.82, 2.24) is 0 Å². The maximum atomic E-state index is 11.7. The zero-order chi connectivity index (χ0) is 17.6. The number of halogens is 1. The lowest BCUT2D eigenvalue weighted by Gasteiger charge is -2.38. The molecule has 2 aromatic carbocycles. The topological polar surface area (TPSA) is 58.6 Å². The molecule has 0 fully saturated rings. The molecule has 0 unspecified atom stereocenters. The van der Waals surface area contributed by atoms with Crippen molar-refractivity contribution >= 4 is 23.3 Å². The van der Waals surface area contributed by atoms with Crippen molar-refractivity contribution in [3.8, 4) is 5.75 Å². The van der Waals surface area contributed by atoms with Gasteiger partial charge >= 0.3 is 5.97 Å². The van der Waals surface area contributed by atoms with Gasteiger partial charge in [-0.1, -0.05) is 35.9 Å².